The Morgan fingerprint density at radius 3 is 2.58 bits per heavy atom. The van der Waals surface area contributed by atoms with Crippen LogP contribution in [-0.2, 0) is 6.54 Å². The average molecular weight is 329 g/mol. The van der Waals surface area contributed by atoms with Gasteiger partial charge in [0.05, 0.1) is 27.9 Å². The van der Waals surface area contributed by atoms with Crippen molar-refractivity contribution >= 4 is 0 Å². The van der Waals surface area contributed by atoms with E-state index in [1.54, 1.807) is 21.3 Å². The lowest BCUT2D eigenvalue weighted by atomic mass is 10.00. The molecule has 0 aromatic heterocycles. The van der Waals surface area contributed by atoms with Crippen LogP contribution in [-0.4, -0.2) is 27.9 Å². The van der Waals surface area contributed by atoms with Gasteiger partial charge in [0.15, 0.2) is 11.5 Å². The van der Waals surface area contributed by atoms with Crippen molar-refractivity contribution in [1.29, 1.82) is 0 Å². The van der Waals surface area contributed by atoms with Gasteiger partial charge in [0.2, 0.25) is 0 Å². The van der Waals surface area contributed by atoms with E-state index in [1.807, 2.05) is 36.4 Å². The van der Waals surface area contributed by atoms with Crippen molar-refractivity contribution in [3.63, 3.8) is 0 Å². The molecule has 2 aromatic rings. The lowest BCUT2D eigenvalue weighted by Crippen LogP contribution is -2.26. The van der Waals surface area contributed by atoms with Crippen LogP contribution in [0.1, 0.15) is 23.6 Å². The number of methoxy groups -OCH3 is 3. The largest absolute Gasteiger partial charge is 0.497 e. The number of ether oxygens (including phenoxy) is 4. The van der Waals surface area contributed by atoms with E-state index < -0.39 is 0 Å². The molecule has 0 fully saturated rings. The fraction of sp³-hybridized carbons (Fsp3) is 0.368. The molecule has 1 aliphatic heterocycles. The molecule has 0 spiro atoms. The van der Waals surface area contributed by atoms with Crippen molar-refractivity contribution in [2.24, 2.45) is 0 Å². The Balaban J connectivity index is 1.74. The number of nitrogens with one attached hydrogen (secondary N) is 1. The Kier molecular flexibility index (Phi) is 5.11. The SMILES string of the molecule is COc1ccc2c(c1)C(NCc1ccc(OC)c(OC)c1)CCO2. The second-order valence-electron chi connectivity index (χ2n) is 5.66. The maximum Gasteiger partial charge on any atom is 0.161 e. The van der Waals surface area contributed by atoms with Gasteiger partial charge in [-0.25, -0.2) is 0 Å². The zero-order chi connectivity index (χ0) is 16.9. The summed E-state index contributed by atoms with van der Waals surface area (Å²) in [7, 11) is 4.97. The van der Waals surface area contributed by atoms with Gasteiger partial charge in [-0.1, -0.05) is 6.07 Å². The van der Waals surface area contributed by atoms with Crippen LogP contribution in [0.15, 0.2) is 36.4 Å². The molecular formula is C19H23NO4. The molecule has 0 amide bonds. The van der Waals surface area contributed by atoms with Crippen LogP contribution < -0.4 is 24.3 Å². The van der Waals surface area contributed by atoms with E-state index in [-0.39, 0.29) is 6.04 Å². The second kappa shape index (κ2) is 7.45. The molecule has 0 radical (unpaired) electrons. The Labute approximate surface area is 142 Å². The summed E-state index contributed by atoms with van der Waals surface area (Å²) in [6.45, 7) is 1.45. The first kappa shape index (κ1) is 16.5. The molecule has 2 aromatic carbocycles. The van der Waals surface area contributed by atoms with Crippen molar-refractivity contribution in [2.45, 2.75) is 19.0 Å². The first-order valence-corrected chi connectivity index (χ1v) is 8.00. The molecule has 24 heavy (non-hydrogen) atoms. The summed E-state index contributed by atoms with van der Waals surface area (Å²) < 4.78 is 21.7. The third kappa shape index (κ3) is 3.41. The highest BCUT2D eigenvalue weighted by atomic mass is 16.5. The predicted molar refractivity (Wildman–Crippen MR) is 92.2 cm³/mol. The number of hydrogen-bond acceptors (Lipinski definition) is 5. The van der Waals surface area contributed by atoms with E-state index in [0.29, 0.717) is 6.61 Å². The van der Waals surface area contributed by atoms with Crippen LogP contribution in [0.4, 0.5) is 0 Å². The van der Waals surface area contributed by atoms with Crippen molar-refractivity contribution in [3.05, 3.63) is 47.5 Å². The van der Waals surface area contributed by atoms with Gasteiger partial charge in [-0.2, -0.15) is 0 Å². The fourth-order valence-corrected chi connectivity index (χ4v) is 2.94. The zero-order valence-corrected chi connectivity index (χ0v) is 14.3. The van der Waals surface area contributed by atoms with Gasteiger partial charge in [-0.15, -0.1) is 0 Å². The van der Waals surface area contributed by atoms with Gasteiger partial charge in [0, 0.05) is 24.6 Å². The quantitative estimate of drug-likeness (QED) is 0.881. The smallest absolute Gasteiger partial charge is 0.161 e. The van der Waals surface area contributed by atoms with Gasteiger partial charge in [0.1, 0.15) is 11.5 Å². The Hall–Kier alpha value is -2.40. The molecule has 0 saturated carbocycles. The van der Waals surface area contributed by atoms with Crippen molar-refractivity contribution in [3.8, 4) is 23.0 Å². The Morgan fingerprint density at radius 2 is 1.83 bits per heavy atom. The van der Waals surface area contributed by atoms with Crippen LogP contribution in [0.5, 0.6) is 23.0 Å². The van der Waals surface area contributed by atoms with Crippen LogP contribution in [0.25, 0.3) is 0 Å². The molecule has 1 heterocycles. The van der Waals surface area contributed by atoms with E-state index in [9.17, 15) is 0 Å². The van der Waals surface area contributed by atoms with E-state index in [2.05, 4.69) is 5.32 Å². The van der Waals surface area contributed by atoms with Gasteiger partial charge in [-0.3, -0.25) is 0 Å². The lowest BCUT2D eigenvalue weighted by molar-refractivity contribution is 0.251. The molecule has 5 heteroatoms. The minimum atomic E-state index is 0.233. The first-order chi connectivity index (χ1) is 11.7. The molecule has 1 atom stereocenters. The molecule has 1 unspecified atom stereocenters. The van der Waals surface area contributed by atoms with Crippen LogP contribution in [0.2, 0.25) is 0 Å². The maximum absolute atomic E-state index is 5.74. The third-order valence-electron chi connectivity index (χ3n) is 4.26. The summed E-state index contributed by atoms with van der Waals surface area (Å²) in [5, 5.41) is 3.60. The summed E-state index contributed by atoms with van der Waals surface area (Å²) >= 11 is 0. The van der Waals surface area contributed by atoms with Crippen molar-refractivity contribution in [2.75, 3.05) is 27.9 Å². The average Bonchev–Trinajstić information content (AvgIpc) is 2.65. The molecule has 1 N–H and O–H groups in total. The predicted octanol–water partition coefficient (Wildman–Crippen LogP) is 3.33. The van der Waals surface area contributed by atoms with Crippen LogP contribution in [0, 0.1) is 0 Å². The number of hydrogen-bond donors (Lipinski definition) is 1. The van der Waals surface area contributed by atoms with E-state index in [4.69, 9.17) is 18.9 Å². The molecule has 0 aliphatic carbocycles. The monoisotopic (exact) mass is 329 g/mol. The summed E-state index contributed by atoms with van der Waals surface area (Å²) in [6.07, 6.45) is 0.924. The van der Waals surface area contributed by atoms with Crippen molar-refractivity contribution in [1.82, 2.24) is 5.32 Å². The topological polar surface area (TPSA) is 49.0 Å². The molecular weight excluding hydrogens is 306 g/mol. The Bertz CT molecular complexity index is 702. The fourth-order valence-electron chi connectivity index (χ4n) is 2.94. The van der Waals surface area contributed by atoms with Gasteiger partial charge in [-0.05, 0) is 35.9 Å². The summed E-state index contributed by atoms with van der Waals surface area (Å²) in [5.41, 5.74) is 2.28. The van der Waals surface area contributed by atoms with E-state index >= 15 is 0 Å². The second-order valence-corrected chi connectivity index (χ2v) is 5.66. The highest BCUT2D eigenvalue weighted by Gasteiger charge is 2.21. The van der Waals surface area contributed by atoms with E-state index in [0.717, 1.165) is 47.1 Å². The van der Waals surface area contributed by atoms with E-state index in [1.165, 1.54) is 0 Å². The summed E-state index contributed by atoms with van der Waals surface area (Å²) in [4.78, 5) is 0. The zero-order valence-electron chi connectivity index (χ0n) is 14.3. The highest BCUT2D eigenvalue weighted by molar-refractivity contribution is 5.44. The van der Waals surface area contributed by atoms with Gasteiger partial charge in [0.25, 0.3) is 0 Å². The number of benzene rings is 2. The lowest BCUT2D eigenvalue weighted by Gasteiger charge is -2.27. The Morgan fingerprint density at radius 1 is 1.00 bits per heavy atom. The van der Waals surface area contributed by atoms with Gasteiger partial charge < -0.3 is 24.3 Å². The van der Waals surface area contributed by atoms with Crippen LogP contribution in [0.3, 0.4) is 0 Å². The molecule has 0 saturated heterocycles. The highest BCUT2D eigenvalue weighted by Crippen LogP contribution is 2.35. The summed E-state index contributed by atoms with van der Waals surface area (Å²) in [6, 6.07) is 12.1. The molecule has 5 nitrogen and oxygen atoms in total. The maximum atomic E-state index is 5.74. The molecule has 0 bridgehead atoms. The number of rotatable bonds is 6. The molecule has 128 valence electrons. The summed E-state index contributed by atoms with van der Waals surface area (Å²) in [5.74, 6) is 3.25. The minimum Gasteiger partial charge on any atom is -0.497 e. The standard InChI is InChI=1S/C19H23NO4/c1-21-14-5-7-17-15(11-14)16(8-9-24-17)20-12-13-4-6-18(22-2)19(10-13)23-3/h4-7,10-11,16,20H,8-9,12H2,1-3H3. The minimum absolute atomic E-state index is 0.233. The van der Waals surface area contributed by atoms with Gasteiger partial charge >= 0.3 is 0 Å². The van der Waals surface area contributed by atoms with Crippen molar-refractivity contribution < 1.29 is 18.9 Å². The molecule has 3 rings (SSSR count). The third-order valence-corrected chi connectivity index (χ3v) is 4.26. The number of fused-ring (bicyclic) bond motifs is 1. The van der Waals surface area contributed by atoms with Crippen LogP contribution >= 0.6 is 0 Å². The normalized spacial score (nSPS) is 16.0. The first-order valence-electron chi connectivity index (χ1n) is 8.00. The molecule has 1 aliphatic rings.